The van der Waals surface area contributed by atoms with Gasteiger partial charge < -0.3 is 10.1 Å². The maximum absolute atomic E-state index is 5.57. The zero-order valence-electron chi connectivity index (χ0n) is 13.8. The van der Waals surface area contributed by atoms with Crippen molar-refractivity contribution in [1.29, 1.82) is 0 Å². The van der Waals surface area contributed by atoms with Crippen LogP contribution in [0.2, 0.25) is 0 Å². The third-order valence-electron chi connectivity index (χ3n) is 4.52. The number of hydrogen-bond donors (Lipinski definition) is 1. The molecular formula is C18H30N2O. The zero-order chi connectivity index (χ0) is 15.1. The first-order valence-corrected chi connectivity index (χ1v) is 8.41. The van der Waals surface area contributed by atoms with Crippen molar-refractivity contribution in [2.75, 3.05) is 33.3 Å². The summed E-state index contributed by atoms with van der Waals surface area (Å²) < 4.78 is 5.57. The minimum absolute atomic E-state index is 0.528. The molecule has 3 nitrogen and oxygen atoms in total. The van der Waals surface area contributed by atoms with Crippen LogP contribution in [-0.4, -0.2) is 38.2 Å². The van der Waals surface area contributed by atoms with E-state index in [1.165, 1.54) is 31.4 Å². The highest BCUT2D eigenvalue weighted by Gasteiger charge is 2.29. The molecule has 118 valence electrons. The molecule has 1 aliphatic heterocycles. The molecule has 1 aliphatic rings. The van der Waals surface area contributed by atoms with Gasteiger partial charge in [-0.2, -0.15) is 0 Å². The summed E-state index contributed by atoms with van der Waals surface area (Å²) in [5, 5.41) is 3.39. The molecule has 3 heteroatoms. The molecule has 2 unspecified atom stereocenters. The van der Waals surface area contributed by atoms with Crippen LogP contribution in [0.15, 0.2) is 24.3 Å². The van der Waals surface area contributed by atoms with Gasteiger partial charge in [-0.05, 0) is 70.1 Å². The lowest BCUT2D eigenvalue weighted by Gasteiger charge is -2.35. The summed E-state index contributed by atoms with van der Waals surface area (Å²) in [6.07, 6.45) is 3.98. The highest BCUT2D eigenvalue weighted by atomic mass is 16.5. The molecule has 1 aromatic rings. The zero-order valence-corrected chi connectivity index (χ0v) is 13.8. The van der Waals surface area contributed by atoms with E-state index < -0.39 is 0 Å². The number of hydrogen-bond acceptors (Lipinski definition) is 3. The van der Waals surface area contributed by atoms with Gasteiger partial charge in [-0.3, -0.25) is 4.90 Å². The van der Waals surface area contributed by atoms with E-state index in [2.05, 4.69) is 48.5 Å². The van der Waals surface area contributed by atoms with Crippen molar-refractivity contribution >= 4 is 0 Å². The fraction of sp³-hybridized carbons (Fsp3) is 0.667. The number of nitrogens with one attached hydrogen (secondary N) is 1. The van der Waals surface area contributed by atoms with Gasteiger partial charge in [0.05, 0.1) is 6.61 Å². The Kier molecular flexibility index (Phi) is 6.52. The highest BCUT2D eigenvalue weighted by molar-refractivity contribution is 5.30. The van der Waals surface area contributed by atoms with Crippen molar-refractivity contribution in [2.45, 2.75) is 39.2 Å². The lowest BCUT2D eigenvalue weighted by Crippen LogP contribution is -2.36. The minimum atomic E-state index is 0.528. The van der Waals surface area contributed by atoms with Gasteiger partial charge in [0.15, 0.2) is 0 Å². The summed E-state index contributed by atoms with van der Waals surface area (Å²) in [4.78, 5) is 2.64. The van der Waals surface area contributed by atoms with Gasteiger partial charge in [0.1, 0.15) is 5.75 Å². The Bertz CT molecular complexity index is 404. The van der Waals surface area contributed by atoms with Crippen LogP contribution in [0.1, 0.15) is 44.7 Å². The van der Waals surface area contributed by atoms with E-state index in [0.29, 0.717) is 12.0 Å². The van der Waals surface area contributed by atoms with Crippen molar-refractivity contribution in [3.63, 3.8) is 0 Å². The van der Waals surface area contributed by atoms with Gasteiger partial charge in [0.2, 0.25) is 0 Å². The predicted octanol–water partition coefficient (Wildman–Crippen LogP) is 3.47. The molecule has 0 bridgehead atoms. The lowest BCUT2D eigenvalue weighted by molar-refractivity contribution is 0.162. The van der Waals surface area contributed by atoms with E-state index in [0.717, 1.165) is 25.4 Å². The molecule has 0 amide bonds. The Labute approximate surface area is 129 Å². The Morgan fingerprint density at radius 2 is 1.95 bits per heavy atom. The first-order chi connectivity index (χ1) is 10.3. The molecule has 0 aromatic heterocycles. The van der Waals surface area contributed by atoms with Gasteiger partial charge in [0.25, 0.3) is 0 Å². The number of nitrogens with zero attached hydrogens (tertiary/aromatic N) is 1. The number of ether oxygens (including phenoxy) is 1. The summed E-state index contributed by atoms with van der Waals surface area (Å²) in [7, 11) is 2.07. The van der Waals surface area contributed by atoms with E-state index in [9.17, 15) is 0 Å². The minimum Gasteiger partial charge on any atom is -0.494 e. The summed E-state index contributed by atoms with van der Waals surface area (Å²) in [5.74, 6) is 1.67. The maximum Gasteiger partial charge on any atom is 0.119 e. The van der Waals surface area contributed by atoms with E-state index in [1.807, 2.05) is 6.92 Å². The first kappa shape index (κ1) is 16.3. The number of likely N-dealkylation sites (tertiary alicyclic amines) is 1. The quantitative estimate of drug-likeness (QED) is 0.868. The van der Waals surface area contributed by atoms with Crippen LogP contribution in [-0.2, 0) is 0 Å². The van der Waals surface area contributed by atoms with Crippen molar-refractivity contribution < 1.29 is 4.74 Å². The molecule has 0 radical (unpaired) electrons. The average Bonchev–Trinajstić information content (AvgIpc) is 2.71. The van der Waals surface area contributed by atoms with Crippen LogP contribution in [0.4, 0.5) is 0 Å². The van der Waals surface area contributed by atoms with Gasteiger partial charge in [0, 0.05) is 6.04 Å². The molecule has 0 aliphatic carbocycles. The van der Waals surface area contributed by atoms with Crippen molar-refractivity contribution in [3.05, 3.63) is 29.8 Å². The smallest absolute Gasteiger partial charge is 0.119 e. The molecule has 1 aromatic carbocycles. The fourth-order valence-electron chi connectivity index (χ4n) is 3.56. The van der Waals surface area contributed by atoms with Crippen molar-refractivity contribution in [1.82, 2.24) is 10.2 Å². The molecular weight excluding hydrogens is 260 g/mol. The topological polar surface area (TPSA) is 24.5 Å². The van der Waals surface area contributed by atoms with Crippen LogP contribution in [0.25, 0.3) is 0 Å². The second-order valence-corrected chi connectivity index (χ2v) is 5.89. The molecule has 21 heavy (non-hydrogen) atoms. The van der Waals surface area contributed by atoms with Gasteiger partial charge in [-0.15, -0.1) is 0 Å². The Balaban J connectivity index is 2.23. The third kappa shape index (κ3) is 4.21. The van der Waals surface area contributed by atoms with Crippen LogP contribution >= 0.6 is 0 Å². The Hall–Kier alpha value is -1.06. The van der Waals surface area contributed by atoms with Gasteiger partial charge in [-0.1, -0.05) is 25.5 Å². The molecule has 0 saturated carbocycles. The molecule has 1 heterocycles. The Morgan fingerprint density at radius 1 is 1.19 bits per heavy atom. The number of benzene rings is 1. The second kappa shape index (κ2) is 8.40. The summed E-state index contributed by atoms with van der Waals surface area (Å²) in [5.41, 5.74) is 1.43. The molecule has 2 atom stereocenters. The standard InChI is InChI=1S/C18H30N2O/c1-4-20-13-7-6-8-16(14-19-3)18(20)15-9-11-17(12-10-15)21-5-2/h9-12,16,18-19H,4-8,13-14H2,1-3H3. The molecule has 1 saturated heterocycles. The molecule has 1 fully saturated rings. The van der Waals surface area contributed by atoms with Gasteiger partial charge >= 0.3 is 0 Å². The van der Waals surface area contributed by atoms with Crippen LogP contribution in [0.3, 0.4) is 0 Å². The monoisotopic (exact) mass is 290 g/mol. The highest BCUT2D eigenvalue weighted by Crippen LogP contribution is 2.35. The summed E-state index contributed by atoms with van der Waals surface area (Å²) in [6.45, 7) is 8.47. The van der Waals surface area contributed by atoms with Crippen LogP contribution < -0.4 is 10.1 Å². The maximum atomic E-state index is 5.57. The summed E-state index contributed by atoms with van der Waals surface area (Å²) in [6, 6.07) is 9.28. The van der Waals surface area contributed by atoms with Gasteiger partial charge in [-0.25, -0.2) is 0 Å². The van der Waals surface area contributed by atoms with E-state index in [4.69, 9.17) is 4.74 Å². The van der Waals surface area contributed by atoms with Crippen LogP contribution in [0, 0.1) is 5.92 Å². The van der Waals surface area contributed by atoms with Crippen molar-refractivity contribution in [3.8, 4) is 5.75 Å². The first-order valence-electron chi connectivity index (χ1n) is 8.41. The van der Waals surface area contributed by atoms with Crippen LogP contribution in [0.5, 0.6) is 5.75 Å². The molecule has 0 spiro atoms. The second-order valence-electron chi connectivity index (χ2n) is 5.89. The molecule has 1 N–H and O–H groups in total. The van der Waals surface area contributed by atoms with E-state index >= 15 is 0 Å². The predicted molar refractivity (Wildman–Crippen MR) is 88.9 cm³/mol. The summed E-state index contributed by atoms with van der Waals surface area (Å²) >= 11 is 0. The fourth-order valence-corrected chi connectivity index (χ4v) is 3.56. The molecule has 2 rings (SSSR count). The largest absolute Gasteiger partial charge is 0.494 e. The third-order valence-corrected chi connectivity index (χ3v) is 4.52. The SMILES string of the molecule is CCOc1ccc(C2C(CNC)CCCCN2CC)cc1. The number of rotatable bonds is 6. The lowest BCUT2D eigenvalue weighted by atomic mass is 9.89. The van der Waals surface area contributed by atoms with Crippen molar-refractivity contribution in [2.24, 2.45) is 5.92 Å². The van der Waals surface area contributed by atoms with E-state index in [-0.39, 0.29) is 0 Å². The average molecular weight is 290 g/mol. The van der Waals surface area contributed by atoms with E-state index in [1.54, 1.807) is 0 Å². The normalized spacial score (nSPS) is 23.8. The Morgan fingerprint density at radius 3 is 2.57 bits per heavy atom.